The number of carbonyl (C=O) groups is 1. The van der Waals surface area contributed by atoms with Crippen LogP contribution in [0.4, 0.5) is 10.5 Å². The van der Waals surface area contributed by atoms with Crippen LogP contribution in [0.25, 0.3) is 5.69 Å². The summed E-state index contributed by atoms with van der Waals surface area (Å²) in [4.78, 5) is 14.5. The molecular weight excluding hydrogens is 408 g/mol. The van der Waals surface area contributed by atoms with Crippen LogP contribution in [0.3, 0.4) is 0 Å². The molecule has 10 nitrogen and oxygen atoms in total. The monoisotopic (exact) mass is 430 g/mol. The van der Waals surface area contributed by atoms with E-state index in [1.807, 2.05) is 18.2 Å². The number of piperazine rings is 1. The molecule has 1 aliphatic rings. The SMILES string of the molecule is Cc1noc(C)c1S(=O)(=O)N1CCN(C(=O)Nc2ccccc2-n2cccn2)CC1. The van der Waals surface area contributed by atoms with Crippen LogP contribution in [-0.2, 0) is 10.0 Å². The summed E-state index contributed by atoms with van der Waals surface area (Å²) in [6.07, 6.45) is 3.46. The van der Waals surface area contributed by atoms with Gasteiger partial charge in [0.05, 0.1) is 11.4 Å². The van der Waals surface area contributed by atoms with E-state index in [1.165, 1.54) is 4.31 Å². The van der Waals surface area contributed by atoms with Gasteiger partial charge in [-0.15, -0.1) is 0 Å². The lowest BCUT2D eigenvalue weighted by Crippen LogP contribution is -2.51. The summed E-state index contributed by atoms with van der Waals surface area (Å²) in [5, 5.41) is 10.8. The van der Waals surface area contributed by atoms with Gasteiger partial charge in [-0.2, -0.15) is 9.40 Å². The average Bonchev–Trinajstić information content (AvgIpc) is 3.38. The first-order valence-electron chi connectivity index (χ1n) is 9.46. The Morgan fingerprint density at radius 1 is 1.10 bits per heavy atom. The molecule has 1 N–H and O–H groups in total. The van der Waals surface area contributed by atoms with Gasteiger partial charge < -0.3 is 14.7 Å². The van der Waals surface area contributed by atoms with Crippen molar-refractivity contribution in [3.63, 3.8) is 0 Å². The summed E-state index contributed by atoms with van der Waals surface area (Å²) in [6.45, 7) is 4.12. The zero-order valence-electron chi connectivity index (χ0n) is 16.6. The topological polar surface area (TPSA) is 114 Å². The predicted octanol–water partition coefficient (Wildman–Crippen LogP) is 2.02. The fourth-order valence-corrected chi connectivity index (χ4v) is 5.20. The highest BCUT2D eigenvalue weighted by Gasteiger charge is 2.34. The van der Waals surface area contributed by atoms with Gasteiger partial charge in [-0.3, -0.25) is 0 Å². The van der Waals surface area contributed by atoms with Gasteiger partial charge in [-0.25, -0.2) is 17.9 Å². The van der Waals surface area contributed by atoms with Gasteiger partial charge in [0.25, 0.3) is 0 Å². The number of sulfonamides is 1. The van der Waals surface area contributed by atoms with Crippen LogP contribution in [0.1, 0.15) is 11.5 Å². The number of anilines is 1. The van der Waals surface area contributed by atoms with E-state index in [0.717, 1.165) is 5.69 Å². The van der Waals surface area contributed by atoms with Gasteiger partial charge in [0, 0.05) is 38.6 Å². The number of para-hydroxylation sites is 2. The molecule has 1 saturated heterocycles. The summed E-state index contributed by atoms with van der Waals surface area (Å²) in [7, 11) is -3.72. The van der Waals surface area contributed by atoms with E-state index in [9.17, 15) is 13.2 Å². The number of aromatic nitrogens is 3. The first-order valence-corrected chi connectivity index (χ1v) is 10.9. The van der Waals surface area contributed by atoms with E-state index in [2.05, 4.69) is 15.6 Å². The van der Waals surface area contributed by atoms with Crippen LogP contribution in [-0.4, -0.2) is 64.8 Å². The molecule has 1 aromatic carbocycles. The Bertz CT molecular complexity index is 1130. The van der Waals surface area contributed by atoms with E-state index in [4.69, 9.17) is 4.52 Å². The van der Waals surface area contributed by atoms with Crippen LogP contribution >= 0.6 is 0 Å². The Labute approximate surface area is 174 Å². The predicted molar refractivity (Wildman–Crippen MR) is 109 cm³/mol. The summed E-state index contributed by atoms with van der Waals surface area (Å²) >= 11 is 0. The van der Waals surface area contributed by atoms with Crippen molar-refractivity contribution < 1.29 is 17.7 Å². The van der Waals surface area contributed by atoms with Crippen LogP contribution in [0, 0.1) is 13.8 Å². The highest BCUT2D eigenvalue weighted by Crippen LogP contribution is 2.25. The minimum atomic E-state index is -3.72. The van der Waals surface area contributed by atoms with Gasteiger partial charge in [-0.1, -0.05) is 17.3 Å². The second-order valence-corrected chi connectivity index (χ2v) is 8.82. The van der Waals surface area contributed by atoms with Crippen molar-refractivity contribution in [2.45, 2.75) is 18.7 Å². The third-order valence-corrected chi connectivity index (χ3v) is 7.13. The van der Waals surface area contributed by atoms with Crippen LogP contribution in [0.2, 0.25) is 0 Å². The lowest BCUT2D eigenvalue weighted by atomic mass is 10.2. The molecule has 3 heterocycles. The Hall–Kier alpha value is -3.18. The maximum absolute atomic E-state index is 12.9. The van der Waals surface area contributed by atoms with Crippen molar-refractivity contribution in [2.24, 2.45) is 0 Å². The van der Waals surface area contributed by atoms with Gasteiger partial charge in [-0.05, 0) is 32.0 Å². The molecule has 3 aromatic rings. The Balaban J connectivity index is 1.44. The molecule has 0 saturated carbocycles. The third-order valence-electron chi connectivity index (χ3n) is 4.99. The fourth-order valence-electron chi connectivity index (χ4n) is 3.49. The first kappa shape index (κ1) is 20.1. The third kappa shape index (κ3) is 3.68. The van der Waals surface area contributed by atoms with Crippen molar-refractivity contribution in [1.82, 2.24) is 24.1 Å². The van der Waals surface area contributed by atoms with Crippen molar-refractivity contribution in [3.8, 4) is 5.69 Å². The van der Waals surface area contributed by atoms with Gasteiger partial charge in [0.1, 0.15) is 10.6 Å². The van der Waals surface area contributed by atoms with Crippen LogP contribution < -0.4 is 5.32 Å². The van der Waals surface area contributed by atoms with Crippen molar-refractivity contribution in [3.05, 3.63) is 54.2 Å². The minimum Gasteiger partial charge on any atom is -0.360 e. The zero-order valence-corrected chi connectivity index (χ0v) is 17.5. The maximum Gasteiger partial charge on any atom is 0.321 e. The number of urea groups is 1. The molecular formula is C19H22N6O4S. The highest BCUT2D eigenvalue weighted by molar-refractivity contribution is 7.89. The van der Waals surface area contributed by atoms with Crippen molar-refractivity contribution in [1.29, 1.82) is 0 Å². The molecule has 4 rings (SSSR count). The fraction of sp³-hybridized carbons (Fsp3) is 0.316. The standard InChI is InChI=1S/C19H22N6O4S/c1-14-18(15(2)29-22-14)30(27,28)24-12-10-23(11-13-24)19(26)21-16-6-3-4-7-17(16)25-9-5-8-20-25/h3-9H,10-13H2,1-2H3,(H,21,26). The number of rotatable bonds is 4. The number of nitrogens with one attached hydrogen (secondary N) is 1. The molecule has 0 atom stereocenters. The lowest BCUT2D eigenvalue weighted by Gasteiger charge is -2.34. The molecule has 2 amide bonds. The zero-order chi connectivity index (χ0) is 21.3. The number of hydrogen-bond donors (Lipinski definition) is 1. The highest BCUT2D eigenvalue weighted by atomic mass is 32.2. The molecule has 0 bridgehead atoms. The van der Waals surface area contributed by atoms with E-state index in [1.54, 1.807) is 48.0 Å². The minimum absolute atomic E-state index is 0.105. The van der Waals surface area contributed by atoms with E-state index in [-0.39, 0.29) is 42.9 Å². The number of nitrogens with zero attached hydrogens (tertiary/aromatic N) is 5. The number of hydrogen-bond acceptors (Lipinski definition) is 6. The van der Waals surface area contributed by atoms with Crippen molar-refractivity contribution >= 4 is 21.7 Å². The van der Waals surface area contributed by atoms with Gasteiger partial charge >= 0.3 is 6.03 Å². The number of amides is 2. The number of carbonyl (C=O) groups excluding carboxylic acids is 1. The molecule has 0 unspecified atom stereocenters. The summed E-state index contributed by atoms with van der Waals surface area (Å²) in [5.74, 6) is 0.267. The smallest absolute Gasteiger partial charge is 0.321 e. The Kier molecular flexibility index (Phi) is 5.31. The molecule has 0 aliphatic carbocycles. The molecule has 158 valence electrons. The molecule has 1 aliphatic heterocycles. The lowest BCUT2D eigenvalue weighted by molar-refractivity contribution is 0.184. The summed E-state index contributed by atoms with van der Waals surface area (Å²) < 4.78 is 33.9. The summed E-state index contributed by atoms with van der Waals surface area (Å²) in [6, 6.07) is 8.87. The van der Waals surface area contributed by atoms with E-state index in [0.29, 0.717) is 11.4 Å². The normalized spacial score (nSPS) is 15.3. The quantitative estimate of drug-likeness (QED) is 0.677. The van der Waals surface area contributed by atoms with E-state index >= 15 is 0 Å². The van der Waals surface area contributed by atoms with E-state index < -0.39 is 10.0 Å². The molecule has 2 aromatic heterocycles. The van der Waals surface area contributed by atoms with Crippen LogP contribution in [0.5, 0.6) is 0 Å². The average molecular weight is 430 g/mol. The molecule has 1 fully saturated rings. The van der Waals surface area contributed by atoms with Gasteiger partial charge in [0.15, 0.2) is 5.76 Å². The largest absolute Gasteiger partial charge is 0.360 e. The van der Waals surface area contributed by atoms with Gasteiger partial charge in [0.2, 0.25) is 10.0 Å². The Morgan fingerprint density at radius 3 is 2.47 bits per heavy atom. The molecule has 11 heteroatoms. The van der Waals surface area contributed by atoms with Crippen LogP contribution in [0.15, 0.2) is 52.1 Å². The first-order chi connectivity index (χ1) is 14.4. The second kappa shape index (κ2) is 7.92. The molecule has 0 spiro atoms. The summed E-state index contributed by atoms with van der Waals surface area (Å²) in [5.41, 5.74) is 1.70. The maximum atomic E-state index is 12.9. The Morgan fingerprint density at radius 2 is 1.83 bits per heavy atom. The molecule has 30 heavy (non-hydrogen) atoms. The molecule has 0 radical (unpaired) electrons. The van der Waals surface area contributed by atoms with Crippen molar-refractivity contribution in [2.75, 3.05) is 31.5 Å². The second-order valence-electron chi connectivity index (χ2n) is 6.94. The number of benzene rings is 1. The number of aryl methyl sites for hydroxylation is 2.